The number of hydrogen-bond donors (Lipinski definition) is 3. The number of carbonyl (C=O) groups excluding carboxylic acids is 1. The minimum absolute atomic E-state index is 0.0755. The summed E-state index contributed by atoms with van der Waals surface area (Å²) in [6, 6.07) is 7.98. The molecule has 0 saturated carbocycles. The Kier molecular flexibility index (Phi) is 3.71. The van der Waals surface area contributed by atoms with Crippen molar-refractivity contribution in [1.82, 2.24) is 4.98 Å². The molecule has 98 valence electrons. The van der Waals surface area contributed by atoms with Gasteiger partial charge in [-0.2, -0.15) is 0 Å². The molecule has 0 aliphatic rings. The Hall–Kier alpha value is -2.08. The smallest absolute Gasteiger partial charge is 0.256 e. The fourth-order valence-corrected chi connectivity index (χ4v) is 1.87. The number of nitrogen functional groups attached to an aromatic ring is 1. The zero-order valence-corrected chi connectivity index (χ0v) is 11.7. The van der Waals surface area contributed by atoms with Crippen LogP contribution in [0, 0.1) is 6.92 Å². The number of aromatic hydroxyl groups is 1. The highest BCUT2D eigenvalue weighted by atomic mass is 79.9. The quantitative estimate of drug-likeness (QED) is 0.742. The van der Waals surface area contributed by atoms with E-state index in [1.807, 2.05) is 0 Å². The molecule has 0 atom stereocenters. The SMILES string of the molecule is Cc1ccc(O)c(NC(=O)c2ccc(N)c(Br)c2)n1. The van der Waals surface area contributed by atoms with Gasteiger partial charge in [-0.3, -0.25) is 4.79 Å². The summed E-state index contributed by atoms with van der Waals surface area (Å²) in [6.45, 7) is 1.77. The van der Waals surface area contributed by atoms with Crippen LogP contribution in [-0.4, -0.2) is 16.0 Å². The fraction of sp³-hybridized carbons (Fsp3) is 0.0769. The largest absolute Gasteiger partial charge is 0.504 e. The van der Waals surface area contributed by atoms with Crippen molar-refractivity contribution in [2.24, 2.45) is 0 Å². The molecule has 1 aromatic carbocycles. The third kappa shape index (κ3) is 3.03. The standard InChI is InChI=1S/C13H12BrN3O2/c1-7-2-5-11(18)12(16-7)17-13(19)8-3-4-10(15)9(14)6-8/h2-6,18H,15H2,1H3,(H,16,17,19). The maximum Gasteiger partial charge on any atom is 0.256 e. The lowest BCUT2D eigenvalue weighted by Gasteiger charge is -2.08. The highest BCUT2D eigenvalue weighted by molar-refractivity contribution is 9.10. The van der Waals surface area contributed by atoms with Crippen molar-refractivity contribution in [3.8, 4) is 5.75 Å². The van der Waals surface area contributed by atoms with Gasteiger partial charge >= 0.3 is 0 Å². The van der Waals surface area contributed by atoms with Crippen molar-refractivity contribution in [3.05, 3.63) is 46.1 Å². The van der Waals surface area contributed by atoms with Gasteiger partial charge in [-0.25, -0.2) is 4.98 Å². The van der Waals surface area contributed by atoms with E-state index in [0.29, 0.717) is 21.4 Å². The molecule has 0 unspecified atom stereocenters. The first-order valence-electron chi connectivity index (χ1n) is 5.50. The highest BCUT2D eigenvalue weighted by Crippen LogP contribution is 2.23. The number of aryl methyl sites for hydroxylation is 1. The molecule has 0 bridgehead atoms. The zero-order valence-electron chi connectivity index (χ0n) is 10.1. The number of nitrogens with one attached hydrogen (secondary N) is 1. The van der Waals surface area contributed by atoms with E-state index in [9.17, 15) is 9.90 Å². The molecular weight excluding hydrogens is 310 g/mol. The molecule has 1 amide bonds. The molecule has 2 rings (SSSR count). The molecule has 1 aromatic heterocycles. The Morgan fingerprint density at radius 3 is 2.79 bits per heavy atom. The molecule has 6 heteroatoms. The molecule has 1 heterocycles. The number of benzene rings is 1. The predicted molar refractivity (Wildman–Crippen MR) is 77.1 cm³/mol. The molecule has 5 nitrogen and oxygen atoms in total. The van der Waals surface area contributed by atoms with Crippen molar-refractivity contribution in [1.29, 1.82) is 0 Å². The second-order valence-corrected chi connectivity index (χ2v) is 4.87. The van der Waals surface area contributed by atoms with Crippen LogP contribution in [0.3, 0.4) is 0 Å². The van der Waals surface area contributed by atoms with E-state index in [-0.39, 0.29) is 17.5 Å². The number of nitrogens with two attached hydrogens (primary N) is 1. The average Bonchev–Trinajstić information content (AvgIpc) is 2.37. The van der Waals surface area contributed by atoms with Crippen LogP contribution in [0.2, 0.25) is 0 Å². The Morgan fingerprint density at radius 1 is 1.37 bits per heavy atom. The molecule has 19 heavy (non-hydrogen) atoms. The maximum atomic E-state index is 12.0. The minimum atomic E-state index is -0.367. The fourth-order valence-electron chi connectivity index (χ4n) is 1.49. The molecule has 0 radical (unpaired) electrons. The summed E-state index contributed by atoms with van der Waals surface area (Å²) in [5.74, 6) is -0.305. The minimum Gasteiger partial charge on any atom is -0.504 e. The first kappa shape index (κ1) is 13.4. The Bertz CT molecular complexity index is 644. The molecular formula is C13H12BrN3O2. The number of amides is 1. The summed E-state index contributed by atoms with van der Waals surface area (Å²) in [6.07, 6.45) is 0. The lowest BCUT2D eigenvalue weighted by atomic mass is 10.2. The Balaban J connectivity index is 2.25. The average molecular weight is 322 g/mol. The van der Waals surface area contributed by atoms with Gasteiger partial charge in [0.2, 0.25) is 0 Å². The number of hydrogen-bond acceptors (Lipinski definition) is 4. The number of rotatable bonds is 2. The van der Waals surface area contributed by atoms with E-state index < -0.39 is 0 Å². The summed E-state index contributed by atoms with van der Waals surface area (Å²) in [5.41, 5.74) is 7.32. The lowest BCUT2D eigenvalue weighted by molar-refractivity contribution is 0.102. The van der Waals surface area contributed by atoms with Crippen LogP contribution in [0.5, 0.6) is 5.75 Å². The van der Waals surface area contributed by atoms with Gasteiger partial charge in [0.05, 0.1) is 0 Å². The van der Waals surface area contributed by atoms with Crippen molar-refractivity contribution in [2.75, 3.05) is 11.1 Å². The number of nitrogens with zero attached hydrogens (tertiary/aromatic N) is 1. The van der Waals surface area contributed by atoms with E-state index in [1.165, 1.54) is 6.07 Å². The van der Waals surface area contributed by atoms with Gasteiger partial charge < -0.3 is 16.2 Å². The molecule has 2 aromatic rings. The van der Waals surface area contributed by atoms with Crippen LogP contribution < -0.4 is 11.1 Å². The topological polar surface area (TPSA) is 88.2 Å². The molecule has 0 aliphatic carbocycles. The summed E-state index contributed by atoms with van der Waals surface area (Å²) in [5, 5.41) is 12.2. The predicted octanol–water partition coefficient (Wildman–Crippen LogP) is 2.69. The van der Waals surface area contributed by atoms with Gasteiger partial charge in [-0.05, 0) is 53.2 Å². The second-order valence-electron chi connectivity index (χ2n) is 4.01. The monoisotopic (exact) mass is 321 g/mol. The van der Waals surface area contributed by atoms with Gasteiger partial charge in [0.1, 0.15) is 0 Å². The molecule has 4 N–H and O–H groups in total. The summed E-state index contributed by atoms with van der Waals surface area (Å²) >= 11 is 3.26. The van der Waals surface area contributed by atoms with Gasteiger partial charge in [0, 0.05) is 21.4 Å². The van der Waals surface area contributed by atoms with Crippen molar-refractivity contribution in [3.63, 3.8) is 0 Å². The Labute approximate surface area is 118 Å². The molecule has 0 saturated heterocycles. The van der Waals surface area contributed by atoms with E-state index >= 15 is 0 Å². The van der Waals surface area contributed by atoms with Crippen molar-refractivity contribution >= 4 is 33.3 Å². The van der Waals surface area contributed by atoms with Crippen LogP contribution >= 0.6 is 15.9 Å². The normalized spacial score (nSPS) is 10.2. The number of carbonyl (C=O) groups is 1. The first-order chi connectivity index (χ1) is 8.97. The van der Waals surface area contributed by atoms with Crippen LogP contribution in [0.4, 0.5) is 11.5 Å². The first-order valence-corrected chi connectivity index (χ1v) is 6.29. The second kappa shape index (κ2) is 5.27. The van der Waals surface area contributed by atoms with Crippen molar-refractivity contribution < 1.29 is 9.90 Å². The van der Waals surface area contributed by atoms with E-state index in [1.54, 1.807) is 31.2 Å². The van der Waals surface area contributed by atoms with E-state index in [0.717, 1.165) is 0 Å². The summed E-state index contributed by atoms with van der Waals surface area (Å²) in [4.78, 5) is 16.1. The van der Waals surface area contributed by atoms with Crippen LogP contribution in [0.1, 0.15) is 16.1 Å². The number of aromatic nitrogens is 1. The number of anilines is 2. The van der Waals surface area contributed by atoms with Crippen LogP contribution in [-0.2, 0) is 0 Å². The molecule has 0 fully saturated rings. The van der Waals surface area contributed by atoms with E-state index in [2.05, 4.69) is 26.2 Å². The van der Waals surface area contributed by atoms with E-state index in [4.69, 9.17) is 5.73 Å². The van der Waals surface area contributed by atoms with Crippen LogP contribution in [0.25, 0.3) is 0 Å². The Morgan fingerprint density at radius 2 is 2.11 bits per heavy atom. The number of halogens is 1. The highest BCUT2D eigenvalue weighted by Gasteiger charge is 2.11. The van der Waals surface area contributed by atoms with Gasteiger partial charge in [-0.1, -0.05) is 0 Å². The number of pyridine rings is 1. The third-order valence-corrected chi connectivity index (χ3v) is 3.19. The molecule has 0 aliphatic heterocycles. The lowest BCUT2D eigenvalue weighted by Crippen LogP contribution is -2.13. The zero-order chi connectivity index (χ0) is 14.0. The van der Waals surface area contributed by atoms with Crippen LogP contribution in [0.15, 0.2) is 34.8 Å². The molecule has 0 spiro atoms. The summed E-state index contributed by atoms with van der Waals surface area (Å²) < 4.78 is 0.640. The van der Waals surface area contributed by atoms with Gasteiger partial charge in [0.25, 0.3) is 5.91 Å². The van der Waals surface area contributed by atoms with Gasteiger partial charge in [-0.15, -0.1) is 0 Å². The van der Waals surface area contributed by atoms with Crippen molar-refractivity contribution in [2.45, 2.75) is 6.92 Å². The summed E-state index contributed by atoms with van der Waals surface area (Å²) in [7, 11) is 0. The van der Waals surface area contributed by atoms with Gasteiger partial charge in [0.15, 0.2) is 11.6 Å². The third-order valence-electron chi connectivity index (χ3n) is 2.51. The maximum absolute atomic E-state index is 12.0.